The average molecular weight is 422 g/mol. The fourth-order valence-corrected chi connectivity index (χ4v) is 3.51. The zero-order chi connectivity index (χ0) is 21.9. The number of hydrogen-bond donors (Lipinski definition) is 1. The van der Waals surface area contributed by atoms with E-state index < -0.39 is 0 Å². The van der Waals surface area contributed by atoms with Crippen LogP contribution in [0.4, 0.5) is 0 Å². The molecule has 0 saturated carbocycles. The van der Waals surface area contributed by atoms with Crippen LogP contribution in [0.5, 0.6) is 17.2 Å². The monoisotopic (exact) mass is 421 g/mol. The number of carbonyl (C=O) groups is 2. The summed E-state index contributed by atoms with van der Waals surface area (Å²) in [6.45, 7) is 5.97. The topological polar surface area (TPSA) is 80.3 Å². The zero-order valence-electron chi connectivity index (χ0n) is 18.7. The maximum Gasteiger partial charge on any atom is 0.234 e. The van der Waals surface area contributed by atoms with Gasteiger partial charge in [-0.05, 0) is 30.5 Å². The summed E-state index contributed by atoms with van der Waals surface area (Å²) >= 11 is 0. The van der Waals surface area contributed by atoms with Crippen molar-refractivity contribution in [2.24, 2.45) is 0 Å². The van der Waals surface area contributed by atoms with Crippen LogP contribution in [-0.4, -0.2) is 82.2 Å². The van der Waals surface area contributed by atoms with Gasteiger partial charge in [-0.25, -0.2) is 0 Å². The minimum Gasteiger partial charge on any atom is -0.493 e. The highest BCUT2D eigenvalue weighted by molar-refractivity contribution is 5.78. The molecule has 168 valence electrons. The normalized spacial score (nSPS) is 14.3. The van der Waals surface area contributed by atoms with Gasteiger partial charge in [0.1, 0.15) is 0 Å². The van der Waals surface area contributed by atoms with Gasteiger partial charge in [0.25, 0.3) is 0 Å². The Bertz CT molecular complexity index is 677. The first-order valence-electron chi connectivity index (χ1n) is 10.6. The second-order valence-electron chi connectivity index (χ2n) is 7.39. The highest BCUT2D eigenvalue weighted by Crippen LogP contribution is 2.38. The lowest BCUT2D eigenvalue weighted by Crippen LogP contribution is -2.51. The Balaban J connectivity index is 1.81. The van der Waals surface area contributed by atoms with E-state index in [1.165, 1.54) is 0 Å². The van der Waals surface area contributed by atoms with Crippen LogP contribution >= 0.6 is 0 Å². The maximum absolute atomic E-state index is 12.6. The first kappa shape index (κ1) is 23.8. The number of rotatable bonds is 11. The summed E-state index contributed by atoms with van der Waals surface area (Å²) < 4.78 is 16.1. The van der Waals surface area contributed by atoms with Crippen molar-refractivity contribution in [2.45, 2.75) is 32.6 Å². The molecule has 1 aliphatic heterocycles. The number of nitrogens with zero attached hydrogens (tertiary/aromatic N) is 2. The number of nitrogens with one attached hydrogen (secondary N) is 1. The van der Waals surface area contributed by atoms with Crippen LogP contribution in [0, 0.1) is 0 Å². The maximum atomic E-state index is 12.6. The van der Waals surface area contributed by atoms with Crippen molar-refractivity contribution in [1.29, 1.82) is 0 Å². The summed E-state index contributed by atoms with van der Waals surface area (Å²) in [6.07, 6.45) is 3.07. The molecule has 1 aromatic carbocycles. The van der Waals surface area contributed by atoms with E-state index in [1.54, 1.807) is 21.3 Å². The Hall–Kier alpha value is -2.48. The molecule has 8 nitrogen and oxygen atoms in total. The SMILES string of the molecule is CCCCNC(=O)CN1CCN(C(=O)CCc2cc(OC)c(OC)c(OC)c2)CC1. The molecule has 0 atom stereocenters. The quantitative estimate of drug-likeness (QED) is 0.548. The molecule has 0 aliphatic carbocycles. The van der Waals surface area contributed by atoms with Crippen LogP contribution in [0.3, 0.4) is 0 Å². The summed E-state index contributed by atoms with van der Waals surface area (Å²) in [7, 11) is 4.73. The number of piperazine rings is 1. The minimum atomic E-state index is 0.0608. The van der Waals surface area contributed by atoms with Crippen molar-refractivity contribution in [1.82, 2.24) is 15.1 Å². The third-order valence-corrected chi connectivity index (χ3v) is 5.30. The molecule has 0 radical (unpaired) electrons. The highest BCUT2D eigenvalue weighted by Gasteiger charge is 2.22. The van der Waals surface area contributed by atoms with Crippen LogP contribution in [0.1, 0.15) is 31.7 Å². The summed E-state index contributed by atoms with van der Waals surface area (Å²) in [5.74, 6) is 1.90. The molecule has 0 unspecified atom stereocenters. The molecule has 2 amide bonds. The van der Waals surface area contributed by atoms with Crippen molar-refractivity contribution < 1.29 is 23.8 Å². The van der Waals surface area contributed by atoms with Gasteiger partial charge in [0.15, 0.2) is 11.5 Å². The predicted molar refractivity (Wildman–Crippen MR) is 115 cm³/mol. The Morgan fingerprint density at radius 3 is 2.17 bits per heavy atom. The lowest BCUT2D eigenvalue weighted by atomic mass is 10.1. The van der Waals surface area contributed by atoms with Crippen LogP contribution in [0.25, 0.3) is 0 Å². The molecule has 1 fully saturated rings. The summed E-state index contributed by atoms with van der Waals surface area (Å²) in [4.78, 5) is 28.6. The minimum absolute atomic E-state index is 0.0608. The number of unbranched alkanes of at least 4 members (excludes halogenated alkanes) is 1. The van der Waals surface area contributed by atoms with Crippen LogP contribution in [0.15, 0.2) is 12.1 Å². The van der Waals surface area contributed by atoms with Gasteiger partial charge >= 0.3 is 0 Å². The zero-order valence-corrected chi connectivity index (χ0v) is 18.7. The van der Waals surface area contributed by atoms with Gasteiger partial charge in [0.2, 0.25) is 17.6 Å². The van der Waals surface area contributed by atoms with Gasteiger partial charge in [-0.15, -0.1) is 0 Å². The molecule has 1 saturated heterocycles. The highest BCUT2D eigenvalue weighted by atomic mass is 16.5. The van der Waals surface area contributed by atoms with Crippen molar-refractivity contribution >= 4 is 11.8 Å². The summed E-state index contributed by atoms with van der Waals surface area (Å²) in [5, 5.41) is 2.94. The van der Waals surface area contributed by atoms with E-state index in [-0.39, 0.29) is 11.8 Å². The fraction of sp³-hybridized carbons (Fsp3) is 0.636. The van der Waals surface area contributed by atoms with E-state index in [4.69, 9.17) is 14.2 Å². The van der Waals surface area contributed by atoms with E-state index in [9.17, 15) is 9.59 Å². The number of hydrogen-bond acceptors (Lipinski definition) is 6. The lowest BCUT2D eigenvalue weighted by Gasteiger charge is -2.34. The van der Waals surface area contributed by atoms with Crippen molar-refractivity contribution in [2.75, 3.05) is 60.6 Å². The van der Waals surface area contributed by atoms with Crippen molar-refractivity contribution in [3.63, 3.8) is 0 Å². The van der Waals surface area contributed by atoms with E-state index in [1.807, 2.05) is 17.0 Å². The number of amides is 2. The van der Waals surface area contributed by atoms with E-state index >= 15 is 0 Å². The van der Waals surface area contributed by atoms with E-state index in [0.717, 1.165) is 38.0 Å². The molecule has 1 aliphatic rings. The molecule has 1 N–H and O–H groups in total. The molecule has 1 aromatic rings. The number of aryl methyl sites for hydroxylation is 1. The average Bonchev–Trinajstić information content (AvgIpc) is 2.77. The molecule has 1 heterocycles. The Morgan fingerprint density at radius 2 is 1.63 bits per heavy atom. The smallest absolute Gasteiger partial charge is 0.234 e. The van der Waals surface area contributed by atoms with Gasteiger partial charge in [-0.2, -0.15) is 0 Å². The van der Waals surface area contributed by atoms with Crippen molar-refractivity contribution in [3.05, 3.63) is 17.7 Å². The Kier molecular flexibility index (Phi) is 9.73. The molecule has 0 bridgehead atoms. The molecular weight excluding hydrogens is 386 g/mol. The van der Waals surface area contributed by atoms with Gasteiger partial charge < -0.3 is 24.4 Å². The molecule has 0 aromatic heterocycles. The number of methoxy groups -OCH3 is 3. The van der Waals surface area contributed by atoms with Crippen molar-refractivity contribution in [3.8, 4) is 17.2 Å². The molecule has 2 rings (SSSR count). The molecular formula is C22H35N3O5. The number of carbonyl (C=O) groups excluding carboxylic acids is 2. The molecule has 30 heavy (non-hydrogen) atoms. The Labute approximate surface area is 179 Å². The largest absolute Gasteiger partial charge is 0.493 e. The van der Waals surface area contributed by atoms with Gasteiger partial charge in [-0.1, -0.05) is 13.3 Å². The van der Waals surface area contributed by atoms with Crippen LogP contribution in [-0.2, 0) is 16.0 Å². The van der Waals surface area contributed by atoms with E-state index in [2.05, 4.69) is 17.1 Å². The van der Waals surface area contributed by atoms with Crippen LogP contribution < -0.4 is 19.5 Å². The summed E-state index contributed by atoms with van der Waals surface area (Å²) in [5.41, 5.74) is 0.959. The second-order valence-corrected chi connectivity index (χ2v) is 7.39. The number of ether oxygens (including phenoxy) is 3. The van der Waals surface area contributed by atoms with Gasteiger partial charge in [0, 0.05) is 39.1 Å². The summed E-state index contributed by atoms with van der Waals surface area (Å²) in [6, 6.07) is 3.76. The predicted octanol–water partition coefficient (Wildman–Crippen LogP) is 1.71. The van der Waals surface area contributed by atoms with Gasteiger partial charge in [0.05, 0.1) is 27.9 Å². The first-order valence-corrected chi connectivity index (χ1v) is 10.6. The standard InChI is InChI=1S/C22H35N3O5/c1-5-6-9-23-20(26)16-24-10-12-25(13-11-24)21(27)8-7-17-14-18(28-2)22(30-4)19(15-17)29-3/h14-15H,5-13,16H2,1-4H3,(H,23,26). The van der Waals surface area contributed by atoms with Crippen LogP contribution in [0.2, 0.25) is 0 Å². The van der Waals surface area contributed by atoms with E-state index in [0.29, 0.717) is 49.7 Å². The molecule has 8 heteroatoms. The Morgan fingerprint density at radius 1 is 1.00 bits per heavy atom. The lowest BCUT2D eigenvalue weighted by molar-refractivity contribution is -0.133. The first-order chi connectivity index (χ1) is 14.5. The number of benzene rings is 1. The fourth-order valence-electron chi connectivity index (χ4n) is 3.51. The third-order valence-electron chi connectivity index (χ3n) is 5.30. The van der Waals surface area contributed by atoms with Gasteiger partial charge in [-0.3, -0.25) is 14.5 Å². The second kappa shape index (κ2) is 12.3. The molecule has 0 spiro atoms. The third kappa shape index (κ3) is 6.79.